The topological polar surface area (TPSA) is 147 Å². The number of nitrogens with zero attached hydrogens (tertiary/aromatic N) is 4. The second kappa shape index (κ2) is 8.23. The molecule has 1 amide bonds. The van der Waals surface area contributed by atoms with Gasteiger partial charge in [0.2, 0.25) is 0 Å². The van der Waals surface area contributed by atoms with Crippen molar-refractivity contribution in [1.29, 1.82) is 0 Å². The number of aromatic nitrogens is 4. The Kier molecular flexibility index (Phi) is 5.57. The highest BCUT2D eigenvalue weighted by atomic mass is 16.5. The lowest BCUT2D eigenvalue weighted by Crippen LogP contribution is -2.36. The number of carbonyl (C=O) groups is 2. The number of carbonyl (C=O) groups excluding carboxylic acids is 1. The average molecular weight is 370 g/mol. The number of amides is 1. The number of nitrogens with two attached hydrogens (primary N) is 1. The van der Waals surface area contributed by atoms with E-state index in [0.29, 0.717) is 18.9 Å². The van der Waals surface area contributed by atoms with E-state index < -0.39 is 5.91 Å². The van der Waals surface area contributed by atoms with Crippen molar-refractivity contribution in [2.45, 2.75) is 0 Å². The van der Waals surface area contributed by atoms with Crippen LogP contribution >= 0.6 is 0 Å². The SMILES string of the molecule is NC(=O)c1cccc(-c2c[nH]c3ncnc(N4CCOCC4)c23)n1.O=CO. The van der Waals surface area contributed by atoms with Crippen LogP contribution in [-0.4, -0.2) is 63.7 Å². The minimum absolute atomic E-state index is 0.228. The molecule has 4 heterocycles. The third kappa shape index (κ3) is 3.85. The quantitative estimate of drug-likeness (QED) is 0.570. The number of carboxylic acid groups (broad SMARTS) is 1. The Morgan fingerprint density at radius 1 is 1.30 bits per heavy atom. The van der Waals surface area contributed by atoms with Gasteiger partial charge in [0.1, 0.15) is 23.5 Å². The molecule has 4 rings (SSSR count). The number of anilines is 1. The molecule has 140 valence electrons. The first-order valence-corrected chi connectivity index (χ1v) is 8.15. The maximum Gasteiger partial charge on any atom is 0.290 e. The van der Waals surface area contributed by atoms with Gasteiger partial charge in [0, 0.05) is 24.8 Å². The summed E-state index contributed by atoms with van der Waals surface area (Å²) in [5.41, 5.74) is 7.79. The first-order valence-electron chi connectivity index (χ1n) is 8.15. The Bertz CT molecular complexity index is 952. The molecule has 0 bridgehead atoms. The van der Waals surface area contributed by atoms with Gasteiger partial charge in [-0.25, -0.2) is 15.0 Å². The number of H-pyrrole nitrogens is 1. The van der Waals surface area contributed by atoms with Crippen LogP contribution < -0.4 is 10.6 Å². The molecule has 0 spiro atoms. The van der Waals surface area contributed by atoms with Crippen molar-refractivity contribution < 1.29 is 19.4 Å². The molecule has 0 atom stereocenters. The van der Waals surface area contributed by atoms with E-state index >= 15 is 0 Å². The standard InChI is InChI=1S/C16H16N6O2.CH2O2/c17-14(23)12-3-1-2-11(21-12)10-8-18-15-13(10)16(20-9-19-15)22-4-6-24-7-5-22;2-1-3/h1-3,8-9H,4-7H2,(H2,17,23)(H,18,19,20);1H,(H,2,3). The van der Waals surface area contributed by atoms with Crippen LogP contribution in [0, 0.1) is 0 Å². The van der Waals surface area contributed by atoms with E-state index in [2.05, 4.69) is 24.8 Å². The van der Waals surface area contributed by atoms with E-state index in [4.69, 9.17) is 20.4 Å². The number of nitrogens with one attached hydrogen (secondary N) is 1. The van der Waals surface area contributed by atoms with Crippen molar-refractivity contribution in [2.24, 2.45) is 5.73 Å². The molecular weight excluding hydrogens is 352 g/mol. The largest absolute Gasteiger partial charge is 0.483 e. The van der Waals surface area contributed by atoms with Gasteiger partial charge in [-0.3, -0.25) is 9.59 Å². The molecule has 1 fully saturated rings. The summed E-state index contributed by atoms with van der Waals surface area (Å²) in [5, 5.41) is 7.77. The van der Waals surface area contributed by atoms with Crippen molar-refractivity contribution in [3.63, 3.8) is 0 Å². The highest BCUT2D eigenvalue weighted by molar-refractivity contribution is 6.01. The third-order valence-electron chi connectivity index (χ3n) is 4.04. The number of hydrogen-bond acceptors (Lipinski definition) is 7. The van der Waals surface area contributed by atoms with Crippen molar-refractivity contribution in [2.75, 3.05) is 31.2 Å². The molecule has 3 aromatic heterocycles. The minimum Gasteiger partial charge on any atom is -0.483 e. The Labute approximate surface area is 154 Å². The van der Waals surface area contributed by atoms with Crippen molar-refractivity contribution in [3.8, 4) is 11.3 Å². The highest BCUT2D eigenvalue weighted by Gasteiger charge is 2.20. The third-order valence-corrected chi connectivity index (χ3v) is 4.04. The summed E-state index contributed by atoms with van der Waals surface area (Å²) in [6.07, 6.45) is 3.37. The Balaban J connectivity index is 0.000000659. The number of morpholine rings is 1. The zero-order valence-corrected chi connectivity index (χ0v) is 14.3. The predicted octanol–water partition coefficient (Wildman–Crippen LogP) is 0.656. The molecule has 27 heavy (non-hydrogen) atoms. The van der Waals surface area contributed by atoms with E-state index in [1.54, 1.807) is 18.5 Å². The van der Waals surface area contributed by atoms with Gasteiger partial charge in [0.05, 0.1) is 24.3 Å². The van der Waals surface area contributed by atoms with Crippen LogP contribution in [0.3, 0.4) is 0 Å². The predicted molar refractivity (Wildman–Crippen MR) is 97.4 cm³/mol. The number of fused-ring (bicyclic) bond motifs is 1. The second-order valence-electron chi connectivity index (χ2n) is 5.60. The van der Waals surface area contributed by atoms with Gasteiger partial charge in [-0.15, -0.1) is 0 Å². The molecule has 1 aliphatic rings. The van der Waals surface area contributed by atoms with Crippen LogP contribution in [0.15, 0.2) is 30.7 Å². The van der Waals surface area contributed by atoms with Crippen molar-refractivity contribution in [1.82, 2.24) is 19.9 Å². The van der Waals surface area contributed by atoms with Gasteiger partial charge in [-0.05, 0) is 12.1 Å². The van der Waals surface area contributed by atoms with Gasteiger partial charge in [0.25, 0.3) is 12.4 Å². The monoisotopic (exact) mass is 370 g/mol. The van der Waals surface area contributed by atoms with E-state index in [-0.39, 0.29) is 12.2 Å². The number of rotatable bonds is 3. The van der Waals surface area contributed by atoms with Crippen LogP contribution in [0.5, 0.6) is 0 Å². The molecule has 1 aliphatic heterocycles. The molecular formula is C17H18N6O4. The lowest BCUT2D eigenvalue weighted by Gasteiger charge is -2.28. The number of hydrogen-bond donors (Lipinski definition) is 3. The van der Waals surface area contributed by atoms with Crippen LogP contribution in [0.2, 0.25) is 0 Å². The summed E-state index contributed by atoms with van der Waals surface area (Å²) >= 11 is 0. The lowest BCUT2D eigenvalue weighted by molar-refractivity contribution is -0.122. The second-order valence-corrected chi connectivity index (χ2v) is 5.60. The molecule has 0 radical (unpaired) electrons. The van der Waals surface area contributed by atoms with Crippen molar-refractivity contribution >= 4 is 29.2 Å². The van der Waals surface area contributed by atoms with E-state index in [0.717, 1.165) is 35.5 Å². The van der Waals surface area contributed by atoms with Gasteiger partial charge in [-0.1, -0.05) is 6.07 Å². The molecule has 4 N–H and O–H groups in total. The molecule has 0 saturated carbocycles. The fourth-order valence-electron chi connectivity index (χ4n) is 2.89. The zero-order valence-electron chi connectivity index (χ0n) is 14.3. The fourth-order valence-corrected chi connectivity index (χ4v) is 2.89. The summed E-state index contributed by atoms with van der Waals surface area (Å²) in [6.45, 7) is 2.62. The molecule has 0 aromatic carbocycles. The summed E-state index contributed by atoms with van der Waals surface area (Å²) in [4.78, 5) is 38.2. The Morgan fingerprint density at radius 3 is 2.74 bits per heavy atom. The van der Waals surface area contributed by atoms with Crippen LogP contribution in [-0.2, 0) is 9.53 Å². The normalized spacial score (nSPS) is 13.7. The molecule has 0 unspecified atom stereocenters. The van der Waals surface area contributed by atoms with E-state index in [1.807, 2.05) is 12.3 Å². The van der Waals surface area contributed by atoms with Gasteiger partial charge in [-0.2, -0.15) is 0 Å². The van der Waals surface area contributed by atoms with Gasteiger partial charge < -0.3 is 25.5 Å². The highest BCUT2D eigenvalue weighted by Crippen LogP contribution is 2.33. The maximum atomic E-state index is 11.4. The smallest absolute Gasteiger partial charge is 0.290 e. The summed E-state index contributed by atoms with van der Waals surface area (Å²) in [6, 6.07) is 5.20. The van der Waals surface area contributed by atoms with Gasteiger partial charge >= 0.3 is 0 Å². The number of pyridine rings is 1. The van der Waals surface area contributed by atoms with Crippen LogP contribution in [0.4, 0.5) is 5.82 Å². The lowest BCUT2D eigenvalue weighted by atomic mass is 10.1. The number of primary amides is 1. The average Bonchev–Trinajstić information content (AvgIpc) is 3.14. The fraction of sp³-hybridized carbons (Fsp3) is 0.235. The summed E-state index contributed by atoms with van der Waals surface area (Å²) in [5.74, 6) is 0.284. The molecule has 1 saturated heterocycles. The Morgan fingerprint density at radius 2 is 2.04 bits per heavy atom. The van der Waals surface area contributed by atoms with E-state index in [1.165, 1.54) is 0 Å². The van der Waals surface area contributed by atoms with Crippen molar-refractivity contribution in [3.05, 3.63) is 36.4 Å². The number of ether oxygens (including phenoxy) is 1. The first-order chi connectivity index (χ1) is 13.2. The molecule has 10 nitrogen and oxygen atoms in total. The molecule has 10 heteroatoms. The van der Waals surface area contributed by atoms with Crippen LogP contribution in [0.25, 0.3) is 22.3 Å². The summed E-state index contributed by atoms with van der Waals surface area (Å²) in [7, 11) is 0. The molecule has 3 aromatic rings. The summed E-state index contributed by atoms with van der Waals surface area (Å²) < 4.78 is 5.42. The zero-order chi connectivity index (χ0) is 19.2. The van der Waals surface area contributed by atoms with E-state index in [9.17, 15) is 4.79 Å². The minimum atomic E-state index is -0.554. The maximum absolute atomic E-state index is 11.4. The van der Waals surface area contributed by atoms with Crippen LogP contribution in [0.1, 0.15) is 10.5 Å². The first kappa shape index (κ1) is 18.3. The van der Waals surface area contributed by atoms with Gasteiger partial charge in [0.15, 0.2) is 0 Å². The molecule has 0 aliphatic carbocycles. The Hall–Kier alpha value is -3.53. The number of aromatic amines is 1.